The summed E-state index contributed by atoms with van der Waals surface area (Å²) in [7, 11) is -3.55. The standard InChI is InChI=1S/C12H14N4O4S/c13-21(18,19)8-3-6-16(7-4-8)12(17)10-9-2-1-5-14-11(9)15-20-10/h1-2,5,8H,3-4,6-7H2,(H2,13,18,19). The fourth-order valence-electron chi connectivity index (χ4n) is 2.47. The fraction of sp³-hybridized carbons (Fsp3) is 0.417. The Hall–Kier alpha value is -2.00. The van der Waals surface area contributed by atoms with Gasteiger partial charge in [0.1, 0.15) is 0 Å². The summed E-state index contributed by atoms with van der Waals surface area (Å²) in [5, 5.41) is 8.84. The summed E-state index contributed by atoms with van der Waals surface area (Å²) in [5.41, 5.74) is 0.375. The number of sulfonamides is 1. The summed E-state index contributed by atoms with van der Waals surface area (Å²) in [6.45, 7) is 0.644. The van der Waals surface area contributed by atoms with E-state index in [0.29, 0.717) is 37.0 Å². The van der Waals surface area contributed by atoms with Gasteiger partial charge in [0.05, 0.1) is 10.6 Å². The Morgan fingerprint density at radius 1 is 1.38 bits per heavy atom. The van der Waals surface area contributed by atoms with Gasteiger partial charge in [-0.05, 0) is 25.0 Å². The van der Waals surface area contributed by atoms with Crippen LogP contribution in [0.15, 0.2) is 22.9 Å². The van der Waals surface area contributed by atoms with Gasteiger partial charge in [0, 0.05) is 19.3 Å². The lowest BCUT2D eigenvalue weighted by Crippen LogP contribution is -2.44. The highest BCUT2D eigenvalue weighted by molar-refractivity contribution is 7.89. The maximum absolute atomic E-state index is 12.4. The van der Waals surface area contributed by atoms with Crippen molar-refractivity contribution in [1.82, 2.24) is 15.0 Å². The van der Waals surface area contributed by atoms with Crippen LogP contribution < -0.4 is 5.14 Å². The number of nitrogens with two attached hydrogens (primary N) is 1. The molecule has 2 aromatic heterocycles. The molecule has 0 atom stereocenters. The lowest BCUT2D eigenvalue weighted by molar-refractivity contribution is 0.0686. The predicted octanol–water partition coefficient (Wildman–Crippen LogP) is 0.116. The van der Waals surface area contributed by atoms with Gasteiger partial charge < -0.3 is 9.42 Å². The number of fused-ring (bicyclic) bond motifs is 1. The maximum atomic E-state index is 12.4. The average molecular weight is 310 g/mol. The molecular weight excluding hydrogens is 296 g/mol. The molecule has 0 aromatic carbocycles. The van der Waals surface area contributed by atoms with Crippen molar-refractivity contribution in [3.05, 3.63) is 24.1 Å². The molecular formula is C12H14N4O4S. The van der Waals surface area contributed by atoms with E-state index in [9.17, 15) is 13.2 Å². The number of hydrogen-bond donors (Lipinski definition) is 1. The van der Waals surface area contributed by atoms with Crippen LogP contribution >= 0.6 is 0 Å². The summed E-state index contributed by atoms with van der Waals surface area (Å²) in [6, 6.07) is 3.41. The van der Waals surface area contributed by atoms with Crippen molar-refractivity contribution in [1.29, 1.82) is 0 Å². The lowest BCUT2D eigenvalue weighted by Gasteiger charge is -2.30. The summed E-state index contributed by atoms with van der Waals surface area (Å²) in [4.78, 5) is 18.0. The first-order valence-electron chi connectivity index (χ1n) is 6.48. The third kappa shape index (κ3) is 2.61. The van der Waals surface area contributed by atoms with E-state index in [1.165, 1.54) is 0 Å². The van der Waals surface area contributed by atoms with Gasteiger partial charge in [-0.3, -0.25) is 4.79 Å². The van der Waals surface area contributed by atoms with Crippen molar-refractivity contribution in [3.8, 4) is 0 Å². The zero-order chi connectivity index (χ0) is 15.0. The van der Waals surface area contributed by atoms with E-state index in [-0.39, 0.29) is 11.7 Å². The Morgan fingerprint density at radius 2 is 2.10 bits per heavy atom. The number of carbonyl (C=O) groups excluding carboxylic acids is 1. The van der Waals surface area contributed by atoms with Crippen LogP contribution in [0.1, 0.15) is 23.4 Å². The topological polar surface area (TPSA) is 119 Å². The van der Waals surface area contributed by atoms with Crippen LogP contribution in [-0.2, 0) is 10.0 Å². The largest absolute Gasteiger partial charge is 0.348 e. The predicted molar refractivity (Wildman–Crippen MR) is 73.8 cm³/mol. The molecule has 0 unspecified atom stereocenters. The quantitative estimate of drug-likeness (QED) is 0.841. The molecule has 1 saturated heterocycles. The number of piperidine rings is 1. The Morgan fingerprint density at radius 3 is 2.76 bits per heavy atom. The zero-order valence-corrected chi connectivity index (χ0v) is 11.9. The zero-order valence-electron chi connectivity index (χ0n) is 11.1. The monoisotopic (exact) mass is 310 g/mol. The van der Waals surface area contributed by atoms with Gasteiger partial charge >= 0.3 is 0 Å². The van der Waals surface area contributed by atoms with Gasteiger partial charge in [-0.2, -0.15) is 0 Å². The van der Waals surface area contributed by atoms with Crippen molar-refractivity contribution in [3.63, 3.8) is 0 Å². The van der Waals surface area contributed by atoms with Gasteiger partial charge in [-0.25, -0.2) is 18.5 Å². The first kappa shape index (κ1) is 14.0. The SMILES string of the molecule is NS(=O)(=O)C1CCN(C(=O)c2onc3ncccc23)CC1. The number of amides is 1. The van der Waals surface area contributed by atoms with Crippen molar-refractivity contribution in [2.45, 2.75) is 18.1 Å². The van der Waals surface area contributed by atoms with Crippen LogP contribution in [-0.4, -0.2) is 47.7 Å². The van der Waals surface area contributed by atoms with E-state index >= 15 is 0 Å². The molecule has 0 bridgehead atoms. The van der Waals surface area contributed by atoms with Crippen LogP contribution in [0.25, 0.3) is 11.0 Å². The van der Waals surface area contributed by atoms with E-state index in [2.05, 4.69) is 10.1 Å². The molecule has 1 aliphatic heterocycles. The van der Waals surface area contributed by atoms with Gasteiger partial charge in [0.15, 0.2) is 0 Å². The summed E-state index contributed by atoms with van der Waals surface area (Å²) < 4.78 is 27.7. The van der Waals surface area contributed by atoms with Crippen LogP contribution in [0.5, 0.6) is 0 Å². The highest BCUT2D eigenvalue weighted by atomic mass is 32.2. The molecule has 2 N–H and O–H groups in total. The molecule has 3 rings (SSSR count). The first-order valence-corrected chi connectivity index (χ1v) is 8.09. The number of pyridine rings is 1. The number of carbonyl (C=O) groups is 1. The van der Waals surface area contributed by atoms with Crippen LogP contribution in [0.2, 0.25) is 0 Å². The summed E-state index contributed by atoms with van der Waals surface area (Å²) >= 11 is 0. The smallest absolute Gasteiger partial charge is 0.293 e. The Labute approximate surface area is 121 Å². The van der Waals surface area contributed by atoms with Crippen LogP contribution in [0, 0.1) is 0 Å². The highest BCUT2D eigenvalue weighted by Gasteiger charge is 2.31. The molecule has 1 aliphatic rings. The normalized spacial score (nSPS) is 17.3. The number of rotatable bonds is 2. The van der Waals surface area contributed by atoms with E-state index in [0.717, 1.165) is 0 Å². The molecule has 1 amide bonds. The molecule has 21 heavy (non-hydrogen) atoms. The van der Waals surface area contributed by atoms with Crippen molar-refractivity contribution < 1.29 is 17.7 Å². The minimum Gasteiger partial charge on any atom is -0.348 e. The van der Waals surface area contributed by atoms with Crippen molar-refractivity contribution in [2.24, 2.45) is 5.14 Å². The summed E-state index contributed by atoms with van der Waals surface area (Å²) in [6.07, 6.45) is 2.22. The van der Waals surface area contributed by atoms with E-state index in [1.54, 1.807) is 23.2 Å². The van der Waals surface area contributed by atoms with Crippen LogP contribution in [0.3, 0.4) is 0 Å². The number of hydrogen-bond acceptors (Lipinski definition) is 6. The van der Waals surface area contributed by atoms with Gasteiger partial charge in [0.25, 0.3) is 5.91 Å². The maximum Gasteiger partial charge on any atom is 0.293 e. The van der Waals surface area contributed by atoms with E-state index in [1.807, 2.05) is 0 Å². The number of likely N-dealkylation sites (tertiary alicyclic amines) is 1. The van der Waals surface area contributed by atoms with Crippen LogP contribution in [0.4, 0.5) is 0 Å². The first-order chi connectivity index (χ1) is 9.97. The lowest BCUT2D eigenvalue weighted by atomic mass is 10.1. The van der Waals surface area contributed by atoms with Crippen molar-refractivity contribution >= 4 is 27.0 Å². The number of primary sulfonamides is 1. The molecule has 9 heteroatoms. The minimum absolute atomic E-state index is 0.132. The molecule has 3 heterocycles. The second-order valence-electron chi connectivity index (χ2n) is 4.97. The van der Waals surface area contributed by atoms with Gasteiger partial charge in [-0.15, -0.1) is 0 Å². The third-order valence-corrected chi connectivity index (χ3v) is 5.04. The molecule has 2 aromatic rings. The Bertz CT molecular complexity index is 777. The number of nitrogens with zero attached hydrogens (tertiary/aromatic N) is 3. The third-order valence-electron chi connectivity index (χ3n) is 3.64. The average Bonchev–Trinajstić information content (AvgIpc) is 2.90. The second kappa shape index (κ2) is 5.08. The molecule has 8 nitrogen and oxygen atoms in total. The Kier molecular flexibility index (Phi) is 3.38. The molecule has 0 aliphatic carbocycles. The van der Waals surface area contributed by atoms with Gasteiger partial charge in [-0.1, -0.05) is 5.16 Å². The molecule has 0 radical (unpaired) electrons. The summed E-state index contributed by atoms with van der Waals surface area (Å²) in [5.74, 6) is -0.175. The van der Waals surface area contributed by atoms with E-state index in [4.69, 9.17) is 9.66 Å². The molecule has 1 fully saturated rings. The fourth-order valence-corrected chi connectivity index (χ4v) is 3.34. The Balaban J connectivity index is 1.78. The van der Waals surface area contributed by atoms with E-state index < -0.39 is 15.3 Å². The minimum atomic E-state index is -3.55. The molecule has 112 valence electrons. The van der Waals surface area contributed by atoms with Crippen molar-refractivity contribution in [2.75, 3.05) is 13.1 Å². The number of aromatic nitrogens is 2. The van der Waals surface area contributed by atoms with Gasteiger partial charge in [0.2, 0.25) is 21.4 Å². The second-order valence-corrected chi connectivity index (χ2v) is 6.81. The highest BCUT2D eigenvalue weighted by Crippen LogP contribution is 2.21. The molecule has 0 saturated carbocycles. The molecule has 0 spiro atoms.